The molecule has 1 fully saturated rings. The van der Waals surface area contributed by atoms with Crippen LogP contribution in [0.4, 0.5) is 0 Å². The van der Waals surface area contributed by atoms with Crippen molar-refractivity contribution in [2.45, 2.75) is 22.7 Å². The number of nitrogens with zero attached hydrogens (tertiary/aromatic N) is 3. The van der Waals surface area contributed by atoms with Crippen molar-refractivity contribution in [3.8, 4) is 0 Å². The van der Waals surface area contributed by atoms with Gasteiger partial charge in [-0.25, -0.2) is 9.89 Å². The minimum Gasteiger partial charge on any atom is -0.448 e. The summed E-state index contributed by atoms with van der Waals surface area (Å²) in [5.74, 6) is -0.297. The topological polar surface area (TPSA) is 140 Å². The quantitative estimate of drug-likeness (QED) is 0.198. The molecule has 2 aliphatic heterocycles. The molecule has 0 spiro atoms. The van der Waals surface area contributed by atoms with Crippen molar-refractivity contribution in [3.05, 3.63) is 104 Å². The van der Waals surface area contributed by atoms with E-state index in [2.05, 4.69) is 10.2 Å². The molecule has 190 valence electrons. The summed E-state index contributed by atoms with van der Waals surface area (Å²) in [7, 11) is 1.45. The molecular weight excluding hydrogens is 514 g/mol. The van der Waals surface area contributed by atoms with E-state index < -0.39 is 29.2 Å². The Hall–Kier alpha value is -3.61. The number of hydrogen-bond acceptors (Lipinski definition) is 9. The molecule has 10 nitrogen and oxygen atoms in total. The average Bonchev–Trinajstić information content (AvgIpc) is 2.94. The van der Waals surface area contributed by atoms with Gasteiger partial charge >= 0.3 is 17.1 Å². The molecule has 0 bridgehead atoms. The molecule has 2 aliphatic rings. The molecule has 1 aromatic heterocycles. The highest BCUT2D eigenvalue weighted by atomic mass is 32.2. The van der Waals surface area contributed by atoms with Gasteiger partial charge in [-0.3, -0.25) is 23.9 Å². The Morgan fingerprint density at radius 2 is 1.76 bits per heavy atom. The number of carbonyl (C=O) groups excluding carboxylic acids is 2. The van der Waals surface area contributed by atoms with Crippen molar-refractivity contribution in [3.63, 3.8) is 0 Å². The van der Waals surface area contributed by atoms with Crippen LogP contribution in [-0.4, -0.2) is 54.5 Å². The lowest BCUT2D eigenvalue weighted by Crippen LogP contribution is -2.68. The largest absolute Gasteiger partial charge is 0.448 e. The summed E-state index contributed by atoms with van der Waals surface area (Å²) >= 11 is 2.64. The molecule has 3 aromatic rings. The van der Waals surface area contributed by atoms with Crippen molar-refractivity contribution in [2.24, 2.45) is 12.8 Å². The fourth-order valence-corrected chi connectivity index (χ4v) is 6.52. The first-order valence-electron chi connectivity index (χ1n) is 11.4. The molecule has 37 heavy (non-hydrogen) atoms. The van der Waals surface area contributed by atoms with Crippen LogP contribution in [0.5, 0.6) is 0 Å². The van der Waals surface area contributed by atoms with Gasteiger partial charge in [0, 0.05) is 18.6 Å². The summed E-state index contributed by atoms with van der Waals surface area (Å²) in [6.07, 6.45) is -0.684. The zero-order chi connectivity index (χ0) is 26.1. The van der Waals surface area contributed by atoms with Gasteiger partial charge in [-0.2, -0.15) is 0 Å². The predicted octanol–water partition coefficient (Wildman–Crippen LogP) is 1.39. The van der Waals surface area contributed by atoms with Crippen LogP contribution in [0, 0.1) is 0 Å². The minimum absolute atomic E-state index is 0.161. The molecular formula is C25H23N5O5S2. The second kappa shape index (κ2) is 10.4. The summed E-state index contributed by atoms with van der Waals surface area (Å²) in [5, 5.41) is 6.04. The summed E-state index contributed by atoms with van der Waals surface area (Å²) in [6, 6.07) is 18.1. The zero-order valence-corrected chi connectivity index (χ0v) is 21.3. The number of ether oxygens (including phenoxy) is 1. The number of fused-ring (bicyclic) bond motifs is 1. The normalized spacial score (nSPS) is 19.0. The van der Waals surface area contributed by atoms with Gasteiger partial charge in [-0.15, -0.1) is 16.9 Å². The maximum Gasteiger partial charge on any atom is 0.356 e. The number of aromatic amines is 1. The molecule has 3 heterocycles. The molecule has 5 rings (SSSR count). The smallest absolute Gasteiger partial charge is 0.356 e. The van der Waals surface area contributed by atoms with Gasteiger partial charge in [-0.1, -0.05) is 72.4 Å². The molecule has 2 aromatic carbocycles. The number of aromatic nitrogens is 3. The number of β-lactam (4-membered cyclic amide) rings is 1. The van der Waals surface area contributed by atoms with E-state index in [1.54, 1.807) is 0 Å². The monoisotopic (exact) mass is 537 g/mol. The maximum absolute atomic E-state index is 13.7. The van der Waals surface area contributed by atoms with Crippen LogP contribution >= 0.6 is 23.5 Å². The molecule has 0 radical (unpaired) electrons. The van der Waals surface area contributed by atoms with E-state index in [4.69, 9.17) is 10.5 Å². The molecule has 2 atom stereocenters. The number of H-pyrrole nitrogens is 1. The number of nitrogens with two attached hydrogens (primary N) is 1. The van der Waals surface area contributed by atoms with Crippen LogP contribution in [0.25, 0.3) is 0 Å². The van der Waals surface area contributed by atoms with E-state index in [0.29, 0.717) is 11.3 Å². The van der Waals surface area contributed by atoms with Crippen LogP contribution in [0.3, 0.4) is 0 Å². The van der Waals surface area contributed by atoms with E-state index in [1.807, 2.05) is 60.7 Å². The number of rotatable bonds is 7. The molecule has 0 saturated carbocycles. The summed E-state index contributed by atoms with van der Waals surface area (Å²) < 4.78 is 7.22. The Bertz CT molecular complexity index is 1450. The first-order valence-corrected chi connectivity index (χ1v) is 13.4. The number of benzene rings is 2. The summed E-state index contributed by atoms with van der Waals surface area (Å²) in [5.41, 5.74) is 6.85. The highest BCUT2D eigenvalue weighted by Gasteiger charge is 2.52. The number of carbonyl (C=O) groups is 2. The Morgan fingerprint density at radius 1 is 1.14 bits per heavy atom. The van der Waals surface area contributed by atoms with Crippen LogP contribution in [-0.2, 0) is 21.4 Å². The van der Waals surface area contributed by atoms with Crippen molar-refractivity contribution in [2.75, 3.05) is 11.5 Å². The van der Waals surface area contributed by atoms with Gasteiger partial charge in [0.15, 0.2) is 11.3 Å². The molecule has 0 aliphatic carbocycles. The van der Waals surface area contributed by atoms with Gasteiger partial charge in [-0.05, 0) is 16.7 Å². The molecule has 3 N–H and O–H groups in total. The number of esters is 1. The molecule has 1 amide bonds. The fraction of sp³-hybridized carbons (Fsp3) is 0.240. The van der Waals surface area contributed by atoms with Gasteiger partial charge in [0.2, 0.25) is 5.91 Å². The SMILES string of the molecule is Cn1c(SCC2=C(C(=O)OC(c3ccccc3)c3ccccc3)N3C(=O)[C@@H](N)[C@@H]3SC2)n[nH]c(=O)c1=O. The lowest BCUT2D eigenvalue weighted by molar-refractivity contribution is -0.153. The second-order valence-corrected chi connectivity index (χ2v) is 10.5. The number of hydrogen-bond donors (Lipinski definition) is 2. The van der Waals surface area contributed by atoms with E-state index in [9.17, 15) is 19.2 Å². The average molecular weight is 538 g/mol. The van der Waals surface area contributed by atoms with Gasteiger partial charge in [0.05, 0.1) is 0 Å². The number of nitrogens with one attached hydrogen (secondary N) is 1. The van der Waals surface area contributed by atoms with Crippen LogP contribution < -0.4 is 16.9 Å². The maximum atomic E-state index is 13.7. The predicted molar refractivity (Wildman–Crippen MR) is 140 cm³/mol. The van der Waals surface area contributed by atoms with Crippen molar-refractivity contribution in [1.82, 2.24) is 19.7 Å². The Labute approximate surface area is 219 Å². The third-order valence-corrected chi connectivity index (χ3v) is 8.60. The number of amides is 1. The van der Waals surface area contributed by atoms with Gasteiger partial charge < -0.3 is 10.5 Å². The van der Waals surface area contributed by atoms with Crippen LogP contribution in [0.2, 0.25) is 0 Å². The van der Waals surface area contributed by atoms with Crippen molar-refractivity contribution >= 4 is 35.4 Å². The first kappa shape index (κ1) is 25.1. The van der Waals surface area contributed by atoms with E-state index in [1.165, 1.54) is 35.5 Å². The van der Waals surface area contributed by atoms with Crippen molar-refractivity contribution < 1.29 is 14.3 Å². The van der Waals surface area contributed by atoms with E-state index in [-0.39, 0.29) is 27.9 Å². The standard InChI is InChI=1S/C25H23N5O5S2/c1-29-22(33)20(31)27-28-25(29)37-13-16-12-36-23-17(26)21(32)30(23)18(16)24(34)35-19(14-8-4-2-5-9-14)15-10-6-3-7-11-15/h2-11,17,19,23H,12-13,26H2,1H3,(H,27,31)/t17-,23+/m1/s1. The minimum atomic E-state index is -0.820. The summed E-state index contributed by atoms with van der Waals surface area (Å²) in [6.45, 7) is 0. The second-order valence-electron chi connectivity index (χ2n) is 8.48. The van der Waals surface area contributed by atoms with Gasteiger partial charge in [0.25, 0.3) is 0 Å². The number of thioether (sulfide) groups is 2. The Kier molecular flexibility index (Phi) is 7.04. The van der Waals surface area contributed by atoms with E-state index >= 15 is 0 Å². The lowest BCUT2D eigenvalue weighted by atomic mass is 10.0. The highest BCUT2D eigenvalue weighted by Crippen LogP contribution is 2.41. The Morgan fingerprint density at radius 3 is 2.38 bits per heavy atom. The third kappa shape index (κ3) is 4.75. The van der Waals surface area contributed by atoms with Crippen molar-refractivity contribution in [1.29, 1.82) is 0 Å². The molecule has 1 saturated heterocycles. The summed E-state index contributed by atoms with van der Waals surface area (Å²) in [4.78, 5) is 51.4. The molecule has 12 heteroatoms. The lowest BCUT2D eigenvalue weighted by Gasteiger charge is -2.48. The zero-order valence-electron chi connectivity index (χ0n) is 19.7. The fourth-order valence-electron chi connectivity index (χ4n) is 4.17. The third-order valence-electron chi connectivity index (χ3n) is 6.13. The Balaban J connectivity index is 1.49. The first-order chi connectivity index (χ1) is 17.9. The van der Waals surface area contributed by atoms with Gasteiger partial charge in [0.1, 0.15) is 17.1 Å². The van der Waals surface area contributed by atoms with E-state index in [0.717, 1.165) is 15.7 Å². The molecule has 0 unspecified atom stereocenters. The highest BCUT2D eigenvalue weighted by molar-refractivity contribution is 8.01. The van der Waals surface area contributed by atoms with Crippen LogP contribution in [0.15, 0.2) is 86.7 Å². The van der Waals surface area contributed by atoms with Crippen LogP contribution in [0.1, 0.15) is 17.2 Å².